The summed E-state index contributed by atoms with van der Waals surface area (Å²) in [6, 6.07) is 7.19. The third-order valence-electron chi connectivity index (χ3n) is 3.05. The Kier molecular flexibility index (Phi) is 2.61. The predicted octanol–water partition coefficient (Wildman–Crippen LogP) is 1.89. The van der Waals surface area contributed by atoms with Crippen LogP contribution in [0.15, 0.2) is 24.3 Å². The van der Waals surface area contributed by atoms with Crippen LogP contribution in [0.4, 0.5) is 0 Å². The van der Waals surface area contributed by atoms with Crippen molar-refractivity contribution in [1.82, 2.24) is 5.32 Å². The molecule has 2 rings (SSSR count). The number of benzene rings is 1. The minimum Gasteiger partial charge on any atom is -0.507 e. The summed E-state index contributed by atoms with van der Waals surface area (Å²) in [7, 11) is 0. The van der Waals surface area contributed by atoms with E-state index in [1.807, 2.05) is 12.1 Å². The van der Waals surface area contributed by atoms with Gasteiger partial charge in [-0.25, -0.2) is 6.57 Å². The third-order valence-corrected chi connectivity index (χ3v) is 3.05. The second kappa shape index (κ2) is 3.92. The molecule has 1 fully saturated rings. The molecule has 0 saturated carbocycles. The minimum absolute atomic E-state index is 0.246. The summed E-state index contributed by atoms with van der Waals surface area (Å²) in [5, 5.41) is 13.0. The maximum Gasteiger partial charge on any atom is 0.263 e. The lowest BCUT2D eigenvalue weighted by atomic mass is 9.82. The van der Waals surface area contributed by atoms with Crippen molar-refractivity contribution in [2.45, 2.75) is 18.4 Å². The molecule has 0 atom stereocenters. The van der Waals surface area contributed by atoms with Crippen molar-refractivity contribution in [3.05, 3.63) is 41.2 Å². The first-order valence-electron chi connectivity index (χ1n) is 5.16. The summed E-state index contributed by atoms with van der Waals surface area (Å²) >= 11 is 0. The van der Waals surface area contributed by atoms with E-state index in [2.05, 4.69) is 10.2 Å². The molecule has 1 aliphatic heterocycles. The van der Waals surface area contributed by atoms with Gasteiger partial charge in [0.05, 0.1) is 5.56 Å². The Balaban J connectivity index is 2.42. The van der Waals surface area contributed by atoms with Crippen molar-refractivity contribution < 1.29 is 5.11 Å². The van der Waals surface area contributed by atoms with E-state index in [1.54, 1.807) is 12.1 Å². The minimum atomic E-state index is -0.517. The lowest BCUT2D eigenvalue weighted by Crippen LogP contribution is -2.37. The van der Waals surface area contributed by atoms with Gasteiger partial charge < -0.3 is 15.3 Å². The second-order valence-electron chi connectivity index (χ2n) is 3.91. The van der Waals surface area contributed by atoms with Gasteiger partial charge in [0.2, 0.25) is 0 Å². The number of phenolic OH excluding ortho intramolecular Hbond substituents is 1. The first kappa shape index (κ1) is 10.0. The van der Waals surface area contributed by atoms with E-state index >= 15 is 0 Å². The van der Waals surface area contributed by atoms with Crippen LogP contribution in [0.5, 0.6) is 5.75 Å². The Morgan fingerprint density at radius 3 is 2.53 bits per heavy atom. The zero-order chi connectivity index (χ0) is 10.7. The molecule has 0 radical (unpaired) electrons. The Labute approximate surface area is 89.6 Å². The van der Waals surface area contributed by atoms with Crippen molar-refractivity contribution in [2.24, 2.45) is 0 Å². The van der Waals surface area contributed by atoms with Crippen LogP contribution in [-0.4, -0.2) is 18.2 Å². The topological polar surface area (TPSA) is 36.6 Å². The quantitative estimate of drug-likeness (QED) is 0.682. The Morgan fingerprint density at radius 1 is 1.27 bits per heavy atom. The standard InChI is InChI=1S/C12H14N2O/c1-13-12(6-8-14-9-7-12)10-4-2-3-5-11(10)15/h2-5,14-15H,6-9H2. The van der Waals surface area contributed by atoms with Crippen LogP contribution in [0.3, 0.4) is 0 Å². The average Bonchev–Trinajstić information content (AvgIpc) is 2.30. The van der Waals surface area contributed by atoms with Crippen molar-refractivity contribution in [1.29, 1.82) is 0 Å². The summed E-state index contributed by atoms with van der Waals surface area (Å²) in [4.78, 5) is 3.76. The summed E-state index contributed by atoms with van der Waals surface area (Å²) in [5.41, 5.74) is 0.262. The highest BCUT2D eigenvalue weighted by molar-refractivity contribution is 5.40. The summed E-state index contributed by atoms with van der Waals surface area (Å²) in [5.74, 6) is 0.246. The van der Waals surface area contributed by atoms with E-state index in [0.29, 0.717) is 0 Å². The fraction of sp³-hybridized carbons (Fsp3) is 0.417. The van der Waals surface area contributed by atoms with Crippen molar-refractivity contribution >= 4 is 0 Å². The number of hydrogen-bond acceptors (Lipinski definition) is 2. The molecule has 2 N–H and O–H groups in total. The van der Waals surface area contributed by atoms with E-state index in [-0.39, 0.29) is 5.75 Å². The molecule has 1 aliphatic rings. The number of nitrogens with one attached hydrogen (secondary N) is 1. The monoisotopic (exact) mass is 202 g/mol. The van der Waals surface area contributed by atoms with Crippen LogP contribution in [0.25, 0.3) is 4.85 Å². The van der Waals surface area contributed by atoms with E-state index in [0.717, 1.165) is 31.5 Å². The van der Waals surface area contributed by atoms with E-state index < -0.39 is 5.54 Å². The Hall–Kier alpha value is -1.53. The molecule has 1 saturated heterocycles. The predicted molar refractivity (Wildman–Crippen MR) is 58.5 cm³/mol. The molecule has 1 heterocycles. The van der Waals surface area contributed by atoms with Crippen LogP contribution in [-0.2, 0) is 5.54 Å². The SMILES string of the molecule is [C-]#[N+]C1(c2ccccc2O)CCNCC1. The molecule has 0 aliphatic carbocycles. The van der Waals surface area contributed by atoms with Crippen LogP contribution in [0.1, 0.15) is 18.4 Å². The van der Waals surface area contributed by atoms with Gasteiger partial charge in [-0.15, -0.1) is 0 Å². The van der Waals surface area contributed by atoms with E-state index in [9.17, 15) is 5.11 Å². The van der Waals surface area contributed by atoms with Gasteiger partial charge in [-0.1, -0.05) is 12.1 Å². The molecular weight excluding hydrogens is 188 g/mol. The maximum absolute atomic E-state index is 9.80. The fourth-order valence-corrected chi connectivity index (χ4v) is 2.15. The van der Waals surface area contributed by atoms with Crippen LogP contribution in [0, 0.1) is 6.57 Å². The van der Waals surface area contributed by atoms with Gasteiger partial charge >= 0.3 is 0 Å². The molecule has 0 bridgehead atoms. The Morgan fingerprint density at radius 2 is 1.93 bits per heavy atom. The van der Waals surface area contributed by atoms with Crippen LogP contribution < -0.4 is 5.32 Å². The second-order valence-corrected chi connectivity index (χ2v) is 3.91. The number of phenols is 1. The first-order chi connectivity index (χ1) is 7.28. The zero-order valence-corrected chi connectivity index (χ0v) is 8.53. The number of piperidine rings is 1. The lowest BCUT2D eigenvalue weighted by Gasteiger charge is -2.27. The molecule has 1 aromatic carbocycles. The van der Waals surface area contributed by atoms with Gasteiger partial charge in [-0.3, -0.25) is 0 Å². The molecular formula is C12H14N2O. The first-order valence-corrected chi connectivity index (χ1v) is 5.16. The van der Waals surface area contributed by atoms with Crippen molar-refractivity contribution in [3.8, 4) is 5.75 Å². The highest BCUT2D eigenvalue weighted by atomic mass is 16.3. The molecule has 0 aromatic heterocycles. The van der Waals surface area contributed by atoms with E-state index in [4.69, 9.17) is 6.57 Å². The largest absolute Gasteiger partial charge is 0.507 e. The summed E-state index contributed by atoms with van der Waals surface area (Å²) in [6.45, 7) is 9.05. The van der Waals surface area contributed by atoms with Gasteiger partial charge in [-0.05, 0) is 12.1 Å². The highest BCUT2D eigenvalue weighted by Gasteiger charge is 2.41. The van der Waals surface area contributed by atoms with Crippen molar-refractivity contribution in [3.63, 3.8) is 0 Å². The van der Waals surface area contributed by atoms with Gasteiger partial charge in [0.1, 0.15) is 5.75 Å². The number of aromatic hydroxyl groups is 1. The number of hydrogen-bond donors (Lipinski definition) is 2. The van der Waals surface area contributed by atoms with Crippen molar-refractivity contribution in [2.75, 3.05) is 13.1 Å². The summed E-state index contributed by atoms with van der Waals surface area (Å²) < 4.78 is 0. The fourth-order valence-electron chi connectivity index (χ4n) is 2.15. The zero-order valence-electron chi connectivity index (χ0n) is 8.53. The molecule has 0 amide bonds. The Bertz CT molecular complexity index is 389. The van der Waals surface area contributed by atoms with Crippen LogP contribution in [0.2, 0.25) is 0 Å². The van der Waals surface area contributed by atoms with Gasteiger partial charge in [-0.2, -0.15) is 0 Å². The average molecular weight is 202 g/mol. The van der Waals surface area contributed by atoms with E-state index in [1.165, 1.54) is 0 Å². The van der Waals surface area contributed by atoms with Gasteiger partial charge in [0, 0.05) is 25.9 Å². The normalized spacial score (nSPS) is 19.4. The molecule has 3 heteroatoms. The smallest absolute Gasteiger partial charge is 0.263 e. The number of nitrogens with zero attached hydrogens (tertiary/aromatic N) is 1. The number of rotatable bonds is 1. The molecule has 15 heavy (non-hydrogen) atoms. The number of para-hydroxylation sites is 1. The lowest BCUT2D eigenvalue weighted by molar-refractivity contribution is 0.354. The van der Waals surface area contributed by atoms with Gasteiger partial charge in [0.25, 0.3) is 5.54 Å². The maximum atomic E-state index is 9.80. The highest BCUT2D eigenvalue weighted by Crippen LogP contribution is 2.39. The molecule has 78 valence electrons. The van der Waals surface area contributed by atoms with Crippen LogP contribution >= 0.6 is 0 Å². The van der Waals surface area contributed by atoms with Gasteiger partial charge in [0.15, 0.2) is 0 Å². The molecule has 3 nitrogen and oxygen atoms in total. The molecule has 0 unspecified atom stereocenters. The summed E-state index contributed by atoms with van der Waals surface area (Å²) in [6.07, 6.45) is 1.54. The molecule has 0 spiro atoms. The third kappa shape index (κ3) is 1.69. The molecule has 1 aromatic rings.